The third-order valence-electron chi connectivity index (χ3n) is 3.12. The van der Waals surface area contributed by atoms with E-state index in [-0.39, 0.29) is 16.8 Å². The molecule has 0 radical (unpaired) electrons. The second-order valence-electron chi connectivity index (χ2n) is 4.82. The van der Waals surface area contributed by atoms with Gasteiger partial charge in [0.15, 0.2) is 0 Å². The summed E-state index contributed by atoms with van der Waals surface area (Å²) in [7, 11) is 0. The molecule has 0 aliphatic carbocycles. The quantitative estimate of drug-likeness (QED) is 0.274. The number of ether oxygens (including phenoxy) is 1. The maximum atomic E-state index is 12.6. The molecular weight excluding hydrogens is 345 g/mol. The summed E-state index contributed by atoms with van der Waals surface area (Å²) in [6.07, 6.45) is -4.28. The number of rotatable bonds is 4. The number of alkyl halides is 3. The Labute approximate surface area is 138 Å². The highest BCUT2D eigenvalue weighted by molar-refractivity contribution is 5.93. The highest BCUT2D eigenvalue weighted by Crippen LogP contribution is 2.30. The van der Waals surface area contributed by atoms with Crippen molar-refractivity contribution in [1.82, 2.24) is 4.98 Å². The number of nitro groups is 1. The first-order valence-electron chi connectivity index (χ1n) is 6.64. The normalized spacial score (nSPS) is 11.0. The molecule has 10 heteroatoms. The summed E-state index contributed by atoms with van der Waals surface area (Å²) in [5.74, 6) is -1.64. The van der Waals surface area contributed by atoms with Gasteiger partial charge in [-0.25, -0.2) is 9.78 Å². The molecule has 0 spiro atoms. The highest BCUT2D eigenvalue weighted by Gasteiger charge is 2.33. The monoisotopic (exact) mass is 354 g/mol. The summed E-state index contributed by atoms with van der Waals surface area (Å²) in [6, 6.07) is 4.58. The first-order chi connectivity index (χ1) is 11.6. The van der Waals surface area contributed by atoms with E-state index in [0.717, 1.165) is 24.3 Å². The zero-order chi connectivity index (χ0) is 18.8. The lowest BCUT2D eigenvalue weighted by atomic mass is 10.1. The molecule has 0 atom stereocenters. The smallest absolute Gasteiger partial charge is 0.415 e. The van der Waals surface area contributed by atoms with E-state index in [4.69, 9.17) is 4.74 Å². The second kappa shape index (κ2) is 6.67. The predicted octanol–water partition coefficient (Wildman–Crippen LogP) is 3.35. The SMILES string of the molecule is Cc1nc(C(F)(F)F)ccc1C(=O)Oc1cc(C=O)ccc1[N+](=O)[O-]. The van der Waals surface area contributed by atoms with Crippen molar-refractivity contribution in [2.24, 2.45) is 0 Å². The fourth-order valence-corrected chi connectivity index (χ4v) is 1.93. The number of nitro benzene ring substituents is 1. The Morgan fingerprint density at radius 3 is 2.48 bits per heavy atom. The van der Waals surface area contributed by atoms with Gasteiger partial charge in [0, 0.05) is 11.6 Å². The van der Waals surface area contributed by atoms with Crippen molar-refractivity contribution >= 4 is 17.9 Å². The van der Waals surface area contributed by atoms with Crippen LogP contribution in [0.2, 0.25) is 0 Å². The minimum absolute atomic E-state index is 0.0238. The first-order valence-corrected chi connectivity index (χ1v) is 6.64. The number of benzene rings is 1. The number of pyridine rings is 1. The minimum Gasteiger partial charge on any atom is -0.415 e. The predicted molar refractivity (Wildman–Crippen MR) is 77.4 cm³/mol. The number of carbonyl (C=O) groups is 2. The number of halogens is 3. The highest BCUT2D eigenvalue weighted by atomic mass is 19.4. The van der Waals surface area contributed by atoms with Gasteiger partial charge in [0.2, 0.25) is 5.75 Å². The van der Waals surface area contributed by atoms with Crippen LogP contribution in [0.15, 0.2) is 30.3 Å². The van der Waals surface area contributed by atoms with Crippen LogP contribution >= 0.6 is 0 Å². The fourth-order valence-electron chi connectivity index (χ4n) is 1.93. The Balaban J connectivity index is 2.37. The molecule has 0 saturated heterocycles. The first kappa shape index (κ1) is 18.0. The van der Waals surface area contributed by atoms with Crippen LogP contribution in [0.5, 0.6) is 5.75 Å². The number of esters is 1. The van der Waals surface area contributed by atoms with Gasteiger partial charge in [0.1, 0.15) is 12.0 Å². The van der Waals surface area contributed by atoms with Crippen molar-refractivity contribution in [3.63, 3.8) is 0 Å². The molecule has 25 heavy (non-hydrogen) atoms. The average Bonchev–Trinajstić information content (AvgIpc) is 2.53. The third kappa shape index (κ3) is 3.97. The maximum Gasteiger partial charge on any atom is 0.433 e. The van der Waals surface area contributed by atoms with Crippen molar-refractivity contribution in [3.8, 4) is 5.75 Å². The lowest BCUT2D eigenvalue weighted by molar-refractivity contribution is -0.385. The van der Waals surface area contributed by atoms with Gasteiger partial charge in [-0.1, -0.05) is 0 Å². The molecular formula is C15H9F3N2O5. The third-order valence-corrected chi connectivity index (χ3v) is 3.12. The van der Waals surface area contributed by atoms with Crippen molar-refractivity contribution in [1.29, 1.82) is 0 Å². The van der Waals surface area contributed by atoms with Gasteiger partial charge in [0.05, 0.1) is 16.2 Å². The number of aromatic nitrogens is 1. The number of hydrogen-bond acceptors (Lipinski definition) is 6. The second-order valence-corrected chi connectivity index (χ2v) is 4.82. The van der Waals surface area contributed by atoms with Crippen LogP contribution in [0.1, 0.15) is 32.1 Å². The van der Waals surface area contributed by atoms with Crippen LogP contribution in [-0.4, -0.2) is 22.2 Å². The summed E-state index contributed by atoms with van der Waals surface area (Å²) in [5, 5.41) is 10.9. The molecule has 130 valence electrons. The number of hydrogen-bond donors (Lipinski definition) is 0. The summed E-state index contributed by atoms with van der Waals surface area (Å²) < 4.78 is 42.6. The number of nitrogens with zero attached hydrogens (tertiary/aromatic N) is 2. The van der Waals surface area contributed by atoms with Gasteiger partial charge < -0.3 is 4.74 Å². The van der Waals surface area contributed by atoms with Gasteiger partial charge in [-0.2, -0.15) is 13.2 Å². The fraction of sp³-hybridized carbons (Fsp3) is 0.133. The topological polar surface area (TPSA) is 99.4 Å². The van der Waals surface area contributed by atoms with Crippen molar-refractivity contribution in [2.75, 3.05) is 0 Å². The Morgan fingerprint density at radius 1 is 1.28 bits per heavy atom. The molecule has 0 N–H and O–H groups in total. The van der Waals surface area contributed by atoms with E-state index in [1.54, 1.807) is 0 Å². The molecule has 1 aromatic carbocycles. The molecule has 0 aliphatic heterocycles. The number of aldehydes is 1. The van der Waals surface area contributed by atoms with Crippen LogP contribution in [0.25, 0.3) is 0 Å². The number of aryl methyl sites for hydroxylation is 1. The molecule has 0 bridgehead atoms. The van der Waals surface area contributed by atoms with Crippen LogP contribution < -0.4 is 4.74 Å². The molecule has 2 rings (SSSR count). The van der Waals surface area contributed by atoms with E-state index in [2.05, 4.69) is 4.98 Å². The van der Waals surface area contributed by atoms with Crippen molar-refractivity contribution in [3.05, 3.63) is 63.0 Å². The lowest BCUT2D eigenvalue weighted by Gasteiger charge is -2.10. The summed E-state index contributed by atoms with van der Waals surface area (Å²) >= 11 is 0. The zero-order valence-electron chi connectivity index (χ0n) is 12.5. The summed E-state index contributed by atoms with van der Waals surface area (Å²) in [5.41, 5.74) is -2.28. The van der Waals surface area contributed by atoms with Gasteiger partial charge >= 0.3 is 17.8 Å². The molecule has 0 aliphatic rings. The van der Waals surface area contributed by atoms with Gasteiger partial charge in [-0.15, -0.1) is 0 Å². The maximum absolute atomic E-state index is 12.6. The molecule has 0 saturated carbocycles. The average molecular weight is 354 g/mol. The van der Waals surface area contributed by atoms with E-state index in [1.807, 2.05) is 0 Å². The Bertz CT molecular complexity index is 865. The lowest BCUT2D eigenvalue weighted by Crippen LogP contribution is -2.15. The molecule has 1 heterocycles. The zero-order valence-corrected chi connectivity index (χ0v) is 12.5. The molecule has 0 amide bonds. The Hall–Kier alpha value is -3.30. The van der Waals surface area contributed by atoms with E-state index in [9.17, 15) is 32.9 Å². The van der Waals surface area contributed by atoms with E-state index in [1.165, 1.54) is 6.92 Å². The van der Waals surface area contributed by atoms with Gasteiger partial charge in [-0.3, -0.25) is 14.9 Å². The summed E-state index contributed by atoms with van der Waals surface area (Å²) in [6.45, 7) is 1.17. The van der Waals surface area contributed by atoms with Gasteiger partial charge in [0.25, 0.3) is 0 Å². The van der Waals surface area contributed by atoms with Crippen LogP contribution in [0, 0.1) is 17.0 Å². The molecule has 0 unspecified atom stereocenters. The van der Waals surface area contributed by atoms with E-state index >= 15 is 0 Å². The standard InChI is InChI=1S/C15H9F3N2O5/c1-8-10(3-5-13(19-8)15(16,17)18)14(22)25-12-6-9(7-21)2-4-11(12)20(23)24/h2-7H,1H3. The Kier molecular flexibility index (Phi) is 4.82. The Morgan fingerprint density at radius 2 is 1.96 bits per heavy atom. The largest absolute Gasteiger partial charge is 0.433 e. The van der Waals surface area contributed by atoms with Crippen molar-refractivity contribution < 1.29 is 32.4 Å². The molecule has 7 nitrogen and oxygen atoms in total. The van der Waals surface area contributed by atoms with Gasteiger partial charge in [-0.05, 0) is 31.2 Å². The van der Waals surface area contributed by atoms with Crippen LogP contribution in [-0.2, 0) is 6.18 Å². The van der Waals surface area contributed by atoms with Crippen molar-refractivity contribution in [2.45, 2.75) is 13.1 Å². The van der Waals surface area contributed by atoms with Crippen LogP contribution in [0.3, 0.4) is 0 Å². The van der Waals surface area contributed by atoms with E-state index in [0.29, 0.717) is 12.4 Å². The number of carbonyl (C=O) groups excluding carboxylic acids is 2. The van der Waals surface area contributed by atoms with Crippen LogP contribution in [0.4, 0.5) is 18.9 Å². The van der Waals surface area contributed by atoms with E-state index < -0.39 is 34.2 Å². The molecule has 2 aromatic rings. The minimum atomic E-state index is -4.68. The molecule has 0 fully saturated rings. The molecule has 1 aromatic heterocycles. The summed E-state index contributed by atoms with van der Waals surface area (Å²) in [4.78, 5) is 36.3.